The summed E-state index contributed by atoms with van der Waals surface area (Å²) in [5.41, 5.74) is 2.22. The Morgan fingerprint density at radius 1 is 0.880 bits per heavy atom. The Balaban J connectivity index is 1.56. The highest BCUT2D eigenvalue weighted by Crippen LogP contribution is 2.37. The number of benzene rings is 1. The summed E-state index contributed by atoms with van der Waals surface area (Å²) in [6, 6.07) is 12.0. The van der Waals surface area contributed by atoms with Crippen LogP contribution in [0.4, 0.5) is 0 Å². The van der Waals surface area contributed by atoms with Crippen LogP contribution < -0.4 is 0 Å². The Bertz CT molecular complexity index is 527. The molecule has 0 spiro atoms. The molecule has 0 radical (unpaired) electrons. The maximum absolute atomic E-state index is 8.91. The molecule has 0 heterocycles. The van der Waals surface area contributed by atoms with E-state index in [0.29, 0.717) is 0 Å². The average Bonchev–Trinajstić information content (AvgIpc) is 2.60. The molecular weight excluding hydrogens is 318 g/mol. The Kier molecular flexibility index (Phi) is 8.23. The molecule has 0 atom stereocenters. The zero-order valence-electron chi connectivity index (χ0n) is 16.7. The van der Waals surface area contributed by atoms with E-state index >= 15 is 0 Å². The number of nitriles is 1. The van der Waals surface area contributed by atoms with Crippen LogP contribution in [0.15, 0.2) is 24.3 Å². The average molecular weight is 356 g/mol. The molecule has 1 aliphatic carbocycles. The molecule has 0 amide bonds. The van der Waals surface area contributed by atoms with Gasteiger partial charge in [0.15, 0.2) is 0 Å². The van der Waals surface area contributed by atoms with E-state index in [0.717, 1.165) is 17.4 Å². The van der Waals surface area contributed by atoms with Crippen molar-refractivity contribution < 1.29 is 0 Å². The summed E-state index contributed by atoms with van der Waals surface area (Å²) in [4.78, 5) is 0. The fraction of sp³-hybridized carbons (Fsp3) is 0.696. The van der Waals surface area contributed by atoms with Gasteiger partial charge in [0.25, 0.3) is 0 Å². The maximum atomic E-state index is 8.91. The van der Waals surface area contributed by atoms with Crippen molar-refractivity contribution in [3.63, 3.8) is 0 Å². The van der Waals surface area contributed by atoms with E-state index in [1.807, 2.05) is 12.1 Å². The van der Waals surface area contributed by atoms with Crippen molar-refractivity contribution in [3.8, 4) is 6.07 Å². The molecule has 2 heteroatoms. The zero-order valence-corrected chi connectivity index (χ0v) is 17.7. The van der Waals surface area contributed by atoms with Gasteiger partial charge in [0.1, 0.15) is 0 Å². The highest BCUT2D eigenvalue weighted by atomic mass is 28.3. The van der Waals surface area contributed by atoms with Gasteiger partial charge < -0.3 is 0 Å². The summed E-state index contributed by atoms with van der Waals surface area (Å²) in [5, 5.41) is 8.91. The first-order valence-electron chi connectivity index (χ1n) is 10.5. The molecular formula is C23H37NSi. The number of rotatable bonds is 9. The van der Waals surface area contributed by atoms with Crippen LogP contribution >= 0.6 is 0 Å². The Labute approximate surface area is 156 Å². The lowest BCUT2D eigenvalue weighted by molar-refractivity contribution is 0.302. The molecule has 25 heavy (non-hydrogen) atoms. The number of unbranched alkanes of at least 4 members (excludes halogenated alkanes) is 4. The molecule has 138 valence electrons. The number of hydrogen-bond acceptors (Lipinski definition) is 1. The van der Waals surface area contributed by atoms with E-state index in [1.165, 1.54) is 75.8 Å². The van der Waals surface area contributed by atoms with Gasteiger partial charge in [-0.15, -0.1) is 0 Å². The predicted octanol–water partition coefficient (Wildman–Crippen LogP) is 7.51. The van der Waals surface area contributed by atoms with E-state index in [-0.39, 0.29) is 0 Å². The minimum Gasteiger partial charge on any atom is -0.192 e. The van der Waals surface area contributed by atoms with Crippen LogP contribution in [0.3, 0.4) is 0 Å². The lowest BCUT2D eigenvalue weighted by Crippen LogP contribution is -2.18. The van der Waals surface area contributed by atoms with Gasteiger partial charge in [-0.2, -0.15) is 5.26 Å². The van der Waals surface area contributed by atoms with Crippen molar-refractivity contribution in [1.82, 2.24) is 0 Å². The van der Waals surface area contributed by atoms with Crippen molar-refractivity contribution >= 4 is 8.07 Å². The largest absolute Gasteiger partial charge is 0.192 e. The number of hydrogen-bond donors (Lipinski definition) is 0. The SMILES string of the molecule is C[Si](C)(C)CCCCCCCC1CCC(c2ccc(C#N)cc2)CC1. The standard InChI is InChI=1S/C23H37NSi/c1-25(2,3)18-8-6-4-5-7-9-20-10-14-22(15-11-20)23-16-12-21(19-24)13-17-23/h12-13,16-17,20,22H,4-11,14-15,18H2,1-3H3. The van der Waals surface area contributed by atoms with Crippen molar-refractivity contribution in [3.05, 3.63) is 35.4 Å². The van der Waals surface area contributed by atoms with Gasteiger partial charge in [-0.3, -0.25) is 0 Å². The molecule has 2 rings (SSSR count). The van der Waals surface area contributed by atoms with E-state index < -0.39 is 8.07 Å². The monoisotopic (exact) mass is 355 g/mol. The highest BCUT2D eigenvalue weighted by Gasteiger charge is 2.22. The zero-order chi connectivity index (χ0) is 18.1. The van der Waals surface area contributed by atoms with Crippen LogP contribution in [0.25, 0.3) is 0 Å². The van der Waals surface area contributed by atoms with E-state index in [4.69, 9.17) is 5.26 Å². The van der Waals surface area contributed by atoms with Crippen LogP contribution in [0.2, 0.25) is 25.7 Å². The fourth-order valence-corrected chi connectivity index (χ4v) is 5.54. The molecule has 1 saturated carbocycles. The van der Waals surface area contributed by atoms with Gasteiger partial charge in [-0.25, -0.2) is 0 Å². The smallest absolute Gasteiger partial charge is 0.0991 e. The second kappa shape index (κ2) is 10.2. The molecule has 1 aromatic carbocycles. The lowest BCUT2D eigenvalue weighted by Gasteiger charge is -2.29. The first-order valence-corrected chi connectivity index (χ1v) is 14.2. The molecule has 0 unspecified atom stereocenters. The van der Waals surface area contributed by atoms with Gasteiger partial charge in [0, 0.05) is 8.07 Å². The topological polar surface area (TPSA) is 23.8 Å². The van der Waals surface area contributed by atoms with Gasteiger partial charge in [-0.05, 0) is 55.2 Å². The fourth-order valence-electron chi connectivity index (χ4n) is 4.23. The summed E-state index contributed by atoms with van der Waals surface area (Å²) < 4.78 is 0. The summed E-state index contributed by atoms with van der Waals surface area (Å²) in [6.07, 6.45) is 14.2. The summed E-state index contributed by atoms with van der Waals surface area (Å²) in [5.74, 6) is 1.70. The van der Waals surface area contributed by atoms with Crippen molar-refractivity contribution in [2.75, 3.05) is 0 Å². The second-order valence-corrected chi connectivity index (χ2v) is 14.9. The lowest BCUT2D eigenvalue weighted by atomic mass is 9.77. The van der Waals surface area contributed by atoms with Gasteiger partial charge in [0.2, 0.25) is 0 Å². The van der Waals surface area contributed by atoms with E-state index in [9.17, 15) is 0 Å². The van der Waals surface area contributed by atoms with Crippen molar-refractivity contribution in [1.29, 1.82) is 5.26 Å². The highest BCUT2D eigenvalue weighted by molar-refractivity contribution is 6.76. The third-order valence-corrected chi connectivity index (χ3v) is 7.75. The van der Waals surface area contributed by atoms with Crippen LogP contribution in [0, 0.1) is 17.2 Å². The Hall–Kier alpha value is -1.07. The van der Waals surface area contributed by atoms with Crippen molar-refractivity contribution in [2.45, 2.75) is 95.8 Å². The Morgan fingerprint density at radius 2 is 1.48 bits per heavy atom. The van der Waals surface area contributed by atoms with E-state index in [1.54, 1.807) is 0 Å². The summed E-state index contributed by atoms with van der Waals surface area (Å²) >= 11 is 0. The van der Waals surface area contributed by atoms with Gasteiger partial charge >= 0.3 is 0 Å². The van der Waals surface area contributed by atoms with Crippen LogP contribution in [0.1, 0.15) is 81.3 Å². The molecule has 0 bridgehead atoms. The predicted molar refractivity (Wildman–Crippen MR) is 112 cm³/mol. The number of nitrogens with zero attached hydrogens (tertiary/aromatic N) is 1. The third kappa shape index (κ3) is 7.78. The minimum atomic E-state index is -0.808. The third-order valence-electron chi connectivity index (χ3n) is 5.90. The molecule has 0 aromatic heterocycles. The first-order chi connectivity index (χ1) is 12.0. The molecule has 0 aliphatic heterocycles. The summed E-state index contributed by atoms with van der Waals surface area (Å²) in [7, 11) is -0.808. The van der Waals surface area contributed by atoms with E-state index in [2.05, 4.69) is 37.8 Å². The quantitative estimate of drug-likeness (QED) is 0.332. The second-order valence-electron chi connectivity index (χ2n) is 9.32. The molecule has 1 nitrogen and oxygen atoms in total. The first kappa shape index (κ1) is 20.2. The normalized spacial score (nSPS) is 21.0. The molecule has 0 saturated heterocycles. The molecule has 1 aromatic rings. The maximum Gasteiger partial charge on any atom is 0.0991 e. The van der Waals surface area contributed by atoms with Crippen LogP contribution in [-0.4, -0.2) is 8.07 Å². The Morgan fingerprint density at radius 3 is 2.08 bits per heavy atom. The molecule has 0 N–H and O–H groups in total. The molecule has 1 aliphatic rings. The summed E-state index contributed by atoms with van der Waals surface area (Å²) in [6.45, 7) is 7.46. The minimum absolute atomic E-state index is 0.727. The van der Waals surface area contributed by atoms with Crippen molar-refractivity contribution in [2.24, 2.45) is 5.92 Å². The van der Waals surface area contributed by atoms with Crippen LogP contribution in [0.5, 0.6) is 0 Å². The van der Waals surface area contributed by atoms with Gasteiger partial charge in [0.05, 0.1) is 11.6 Å². The van der Waals surface area contributed by atoms with Crippen LogP contribution in [-0.2, 0) is 0 Å². The molecule has 1 fully saturated rings. The van der Waals surface area contributed by atoms with Gasteiger partial charge in [-0.1, -0.05) is 76.3 Å².